The monoisotopic (exact) mass is 280 g/mol. The first kappa shape index (κ1) is 10.9. The molecule has 1 heterocycles. The summed E-state index contributed by atoms with van der Waals surface area (Å²) in [5, 5.41) is 0. The Morgan fingerprint density at radius 3 is 2.31 bits per heavy atom. The van der Waals surface area contributed by atoms with E-state index in [-0.39, 0.29) is 5.56 Å². The van der Waals surface area contributed by atoms with E-state index in [0.29, 0.717) is 11.3 Å². The fourth-order valence-electron chi connectivity index (χ4n) is 1.45. The number of rotatable bonds is 1. The Bertz CT molecular complexity index is 626. The second-order valence-electron chi connectivity index (χ2n) is 3.42. The topological polar surface area (TPSA) is 65.7 Å². The van der Waals surface area contributed by atoms with Gasteiger partial charge in [-0.05, 0) is 24.6 Å². The third-order valence-electron chi connectivity index (χ3n) is 2.31. The minimum atomic E-state index is -0.492. The van der Waals surface area contributed by atoms with Gasteiger partial charge < -0.3 is 4.98 Å². The second-order valence-corrected chi connectivity index (χ2v) is 4.33. The number of benzene rings is 1. The van der Waals surface area contributed by atoms with Gasteiger partial charge in [-0.1, -0.05) is 28.1 Å². The van der Waals surface area contributed by atoms with E-state index in [2.05, 4.69) is 25.9 Å². The smallest absolute Gasteiger partial charge is 0.307 e. The van der Waals surface area contributed by atoms with E-state index in [9.17, 15) is 9.59 Å². The number of aromatic nitrogens is 2. The zero-order chi connectivity index (χ0) is 11.7. The summed E-state index contributed by atoms with van der Waals surface area (Å²) in [4.78, 5) is 27.4. The van der Waals surface area contributed by atoms with E-state index in [1.165, 1.54) is 0 Å². The van der Waals surface area contributed by atoms with E-state index in [0.717, 1.165) is 10.0 Å². The number of nitrogens with one attached hydrogen (secondary N) is 2. The van der Waals surface area contributed by atoms with Crippen molar-refractivity contribution in [1.29, 1.82) is 0 Å². The minimum absolute atomic E-state index is 0.360. The van der Waals surface area contributed by atoms with Crippen molar-refractivity contribution < 1.29 is 0 Å². The molecule has 1 aromatic heterocycles. The highest BCUT2D eigenvalue weighted by Crippen LogP contribution is 2.20. The molecule has 0 radical (unpaired) electrons. The van der Waals surface area contributed by atoms with Crippen molar-refractivity contribution in [1.82, 2.24) is 9.97 Å². The maximum absolute atomic E-state index is 11.4. The van der Waals surface area contributed by atoms with Gasteiger partial charge in [-0.3, -0.25) is 9.78 Å². The molecule has 0 atom stereocenters. The summed E-state index contributed by atoms with van der Waals surface area (Å²) in [6.45, 7) is 1.67. The van der Waals surface area contributed by atoms with Crippen molar-refractivity contribution >= 4 is 15.9 Å². The van der Waals surface area contributed by atoms with E-state index < -0.39 is 5.69 Å². The van der Waals surface area contributed by atoms with Crippen molar-refractivity contribution in [3.63, 3.8) is 0 Å². The van der Waals surface area contributed by atoms with Crippen LogP contribution in [0.1, 0.15) is 5.56 Å². The predicted octanol–water partition coefficient (Wildman–Crippen LogP) is 1.80. The Hall–Kier alpha value is -1.62. The quantitative estimate of drug-likeness (QED) is 0.837. The van der Waals surface area contributed by atoms with E-state index in [1.54, 1.807) is 6.92 Å². The molecule has 2 rings (SSSR count). The number of aromatic amines is 2. The maximum Gasteiger partial charge on any atom is 0.326 e. The van der Waals surface area contributed by atoms with E-state index >= 15 is 0 Å². The molecule has 0 amide bonds. The maximum atomic E-state index is 11.4. The van der Waals surface area contributed by atoms with E-state index in [1.807, 2.05) is 24.3 Å². The Labute approximate surface area is 99.5 Å². The normalized spacial score (nSPS) is 10.4. The standard InChI is InChI=1S/C11H9BrN2O2/c1-6-9(13-11(16)14-10(6)15)7-2-4-8(12)5-3-7/h2-5H,1H3,(H2,13,14,15,16). The minimum Gasteiger partial charge on any atom is -0.307 e. The Morgan fingerprint density at radius 1 is 1.06 bits per heavy atom. The molecule has 82 valence electrons. The molecule has 0 aliphatic rings. The molecule has 5 heteroatoms. The molecule has 2 aromatic rings. The van der Waals surface area contributed by atoms with Crippen LogP contribution in [0.25, 0.3) is 11.3 Å². The lowest BCUT2D eigenvalue weighted by atomic mass is 10.1. The summed E-state index contributed by atoms with van der Waals surface area (Å²) in [6, 6.07) is 7.38. The van der Waals surface area contributed by atoms with Crippen molar-refractivity contribution in [2.24, 2.45) is 0 Å². The van der Waals surface area contributed by atoms with Crippen molar-refractivity contribution in [2.45, 2.75) is 6.92 Å². The predicted molar refractivity (Wildman–Crippen MR) is 65.6 cm³/mol. The summed E-state index contributed by atoms with van der Waals surface area (Å²) in [5.41, 5.74) is 1.02. The molecular weight excluding hydrogens is 272 g/mol. The molecule has 0 bridgehead atoms. The lowest BCUT2D eigenvalue weighted by Crippen LogP contribution is -2.24. The molecule has 0 unspecified atom stereocenters. The second kappa shape index (κ2) is 4.09. The first-order chi connectivity index (χ1) is 7.58. The molecule has 2 N–H and O–H groups in total. The highest BCUT2D eigenvalue weighted by molar-refractivity contribution is 9.10. The van der Waals surface area contributed by atoms with Gasteiger partial charge in [0.25, 0.3) is 5.56 Å². The number of halogens is 1. The van der Waals surface area contributed by atoms with Gasteiger partial charge in [0.2, 0.25) is 0 Å². The van der Waals surface area contributed by atoms with Crippen LogP contribution in [0.15, 0.2) is 38.3 Å². The molecule has 16 heavy (non-hydrogen) atoms. The Balaban J connectivity index is 2.69. The fraction of sp³-hybridized carbons (Fsp3) is 0.0909. The third kappa shape index (κ3) is 1.99. The van der Waals surface area contributed by atoms with Gasteiger partial charge >= 0.3 is 5.69 Å². The first-order valence-electron chi connectivity index (χ1n) is 4.67. The van der Waals surface area contributed by atoms with Gasteiger partial charge in [-0.2, -0.15) is 0 Å². The molecular formula is C11H9BrN2O2. The SMILES string of the molecule is Cc1c(-c2ccc(Br)cc2)[nH]c(=O)[nH]c1=O. The molecule has 0 fully saturated rings. The van der Waals surface area contributed by atoms with Crippen LogP contribution in [-0.4, -0.2) is 9.97 Å². The van der Waals surface area contributed by atoms with Crippen molar-refractivity contribution in [3.05, 3.63) is 55.1 Å². The van der Waals surface area contributed by atoms with Gasteiger partial charge in [0, 0.05) is 10.0 Å². The first-order valence-corrected chi connectivity index (χ1v) is 5.46. The number of hydrogen-bond acceptors (Lipinski definition) is 2. The summed E-state index contributed by atoms with van der Waals surface area (Å²) in [7, 11) is 0. The number of H-pyrrole nitrogens is 2. The van der Waals surface area contributed by atoms with Gasteiger partial charge in [0.1, 0.15) is 0 Å². The summed E-state index contributed by atoms with van der Waals surface area (Å²) >= 11 is 3.33. The average Bonchev–Trinajstić information content (AvgIpc) is 2.25. The third-order valence-corrected chi connectivity index (χ3v) is 2.84. The molecule has 0 spiro atoms. The molecule has 4 nitrogen and oxygen atoms in total. The molecule has 0 aliphatic heterocycles. The van der Waals surface area contributed by atoms with Crippen LogP contribution in [-0.2, 0) is 0 Å². The fourth-order valence-corrected chi connectivity index (χ4v) is 1.72. The molecule has 0 saturated heterocycles. The van der Waals surface area contributed by atoms with Gasteiger partial charge in [-0.15, -0.1) is 0 Å². The highest BCUT2D eigenvalue weighted by Gasteiger charge is 2.06. The van der Waals surface area contributed by atoms with Crippen molar-refractivity contribution in [3.8, 4) is 11.3 Å². The summed E-state index contributed by atoms with van der Waals surface area (Å²) in [6.07, 6.45) is 0. The van der Waals surface area contributed by atoms with Crippen LogP contribution in [0.2, 0.25) is 0 Å². The van der Waals surface area contributed by atoms with Crippen LogP contribution in [0.4, 0.5) is 0 Å². The van der Waals surface area contributed by atoms with Gasteiger partial charge in [0.15, 0.2) is 0 Å². The lowest BCUT2D eigenvalue weighted by Gasteiger charge is -2.04. The summed E-state index contributed by atoms with van der Waals surface area (Å²) < 4.78 is 0.945. The zero-order valence-corrected chi connectivity index (χ0v) is 10.1. The van der Waals surface area contributed by atoms with Crippen LogP contribution in [0.5, 0.6) is 0 Å². The molecule has 1 aromatic carbocycles. The van der Waals surface area contributed by atoms with Crippen LogP contribution >= 0.6 is 15.9 Å². The van der Waals surface area contributed by atoms with Crippen molar-refractivity contribution in [2.75, 3.05) is 0 Å². The Kier molecular flexibility index (Phi) is 2.78. The van der Waals surface area contributed by atoms with Crippen LogP contribution < -0.4 is 11.2 Å². The Morgan fingerprint density at radius 2 is 1.69 bits per heavy atom. The highest BCUT2D eigenvalue weighted by atomic mass is 79.9. The molecule has 0 saturated carbocycles. The average molecular weight is 281 g/mol. The lowest BCUT2D eigenvalue weighted by molar-refractivity contribution is 1.01. The zero-order valence-electron chi connectivity index (χ0n) is 8.50. The largest absolute Gasteiger partial charge is 0.326 e. The summed E-state index contributed by atoms with van der Waals surface area (Å²) in [5.74, 6) is 0. The number of hydrogen-bond donors (Lipinski definition) is 2. The molecule has 0 aliphatic carbocycles. The van der Waals surface area contributed by atoms with Gasteiger partial charge in [-0.25, -0.2) is 4.79 Å². The van der Waals surface area contributed by atoms with Crippen LogP contribution in [0, 0.1) is 6.92 Å². The van der Waals surface area contributed by atoms with E-state index in [4.69, 9.17) is 0 Å². The van der Waals surface area contributed by atoms with Gasteiger partial charge in [0.05, 0.1) is 5.69 Å². The van der Waals surface area contributed by atoms with Crippen LogP contribution in [0.3, 0.4) is 0 Å².